The van der Waals surface area contributed by atoms with Crippen molar-refractivity contribution in [2.45, 2.75) is 57.4 Å². The first-order valence-electron chi connectivity index (χ1n) is 8.38. The summed E-state index contributed by atoms with van der Waals surface area (Å²) in [5.41, 5.74) is 1.46. The molecule has 2 heterocycles. The third-order valence-corrected chi connectivity index (χ3v) is 4.97. The highest BCUT2D eigenvalue weighted by Gasteiger charge is 2.31. The van der Waals surface area contributed by atoms with E-state index in [0.717, 1.165) is 38.6 Å². The first-order valence-corrected chi connectivity index (χ1v) is 8.38. The number of hydrogen-bond donors (Lipinski definition) is 1. The zero-order valence-electron chi connectivity index (χ0n) is 13.5. The second kappa shape index (κ2) is 6.60. The van der Waals surface area contributed by atoms with E-state index in [1.807, 2.05) is 10.6 Å². The van der Waals surface area contributed by atoms with Crippen LogP contribution in [0.5, 0.6) is 0 Å². The number of hydrogen-bond acceptors (Lipinski definition) is 4. The molecule has 1 aliphatic heterocycles. The van der Waals surface area contributed by atoms with Gasteiger partial charge in [-0.2, -0.15) is 0 Å². The minimum Gasteiger partial charge on any atom is -0.511 e. The zero-order chi connectivity index (χ0) is 16.4. The predicted octanol–water partition coefficient (Wildman–Crippen LogP) is 3.50. The summed E-state index contributed by atoms with van der Waals surface area (Å²) in [7, 11) is 1.23. The molecule has 5 nitrogen and oxygen atoms in total. The number of aromatic nitrogens is 1. The summed E-state index contributed by atoms with van der Waals surface area (Å²) >= 11 is 0. The minimum atomic E-state index is -0.758. The Morgan fingerprint density at radius 3 is 2.65 bits per heavy atom. The molecule has 0 radical (unpaired) electrons. The molecule has 0 unspecified atom stereocenters. The Labute approximate surface area is 135 Å². The molecule has 0 saturated heterocycles. The van der Waals surface area contributed by atoms with Gasteiger partial charge >= 0.3 is 5.97 Å². The highest BCUT2D eigenvalue weighted by molar-refractivity contribution is 6.24. The van der Waals surface area contributed by atoms with Crippen LogP contribution in [0.1, 0.15) is 67.0 Å². The SMILES string of the molecule is COC(=O)/C1=C(\O)CCCCCn2c(ccc2C2CCC2)C1=O. The lowest BCUT2D eigenvalue weighted by Gasteiger charge is -2.28. The van der Waals surface area contributed by atoms with Crippen molar-refractivity contribution < 1.29 is 19.4 Å². The van der Waals surface area contributed by atoms with Crippen LogP contribution in [0.15, 0.2) is 23.5 Å². The molecule has 1 fully saturated rings. The van der Waals surface area contributed by atoms with Crippen LogP contribution in [0, 0.1) is 0 Å². The number of ketones is 1. The molecule has 1 N–H and O–H groups in total. The zero-order valence-corrected chi connectivity index (χ0v) is 13.5. The van der Waals surface area contributed by atoms with Crippen molar-refractivity contribution in [1.29, 1.82) is 0 Å². The van der Waals surface area contributed by atoms with Gasteiger partial charge in [0.05, 0.1) is 12.8 Å². The van der Waals surface area contributed by atoms with Crippen molar-refractivity contribution in [3.05, 3.63) is 34.9 Å². The molecule has 0 amide bonds. The lowest BCUT2D eigenvalue weighted by molar-refractivity contribution is -0.135. The number of ether oxygens (including phenoxy) is 1. The van der Waals surface area contributed by atoms with E-state index < -0.39 is 11.8 Å². The Morgan fingerprint density at radius 1 is 1.22 bits per heavy atom. The van der Waals surface area contributed by atoms with E-state index >= 15 is 0 Å². The highest BCUT2D eigenvalue weighted by Crippen LogP contribution is 2.38. The van der Waals surface area contributed by atoms with Gasteiger partial charge < -0.3 is 14.4 Å². The maximum Gasteiger partial charge on any atom is 0.345 e. The predicted molar refractivity (Wildman–Crippen MR) is 85.5 cm³/mol. The monoisotopic (exact) mass is 317 g/mol. The molecule has 1 saturated carbocycles. The van der Waals surface area contributed by atoms with Crippen LogP contribution in [0.25, 0.3) is 0 Å². The van der Waals surface area contributed by atoms with Crippen LogP contribution in [0.3, 0.4) is 0 Å². The first-order chi connectivity index (χ1) is 11.1. The molecule has 0 bridgehead atoms. The van der Waals surface area contributed by atoms with Crippen LogP contribution < -0.4 is 0 Å². The lowest BCUT2D eigenvalue weighted by Crippen LogP contribution is -2.23. The van der Waals surface area contributed by atoms with Crippen molar-refractivity contribution in [3.63, 3.8) is 0 Å². The Balaban J connectivity index is 2.05. The third-order valence-electron chi connectivity index (χ3n) is 4.97. The number of Topliss-reactive ketones (excluding diaryl/α,β-unsaturated/α-hetero) is 1. The molecule has 124 valence electrons. The number of carbonyl (C=O) groups is 2. The van der Waals surface area contributed by atoms with E-state index in [1.54, 1.807) is 6.07 Å². The Morgan fingerprint density at radius 2 is 2.00 bits per heavy atom. The molecule has 23 heavy (non-hydrogen) atoms. The number of methoxy groups -OCH3 is 1. The van der Waals surface area contributed by atoms with Crippen LogP contribution in [-0.2, 0) is 16.1 Å². The second-order valence-corrected chi connectivity index (χ2v) is 6.38. The first kappa shape index (κ1) is 15.8. The fourth-order valence-corrected chi connectivity index (χ4v) is 3.43. The van der Waals surface area contributed by atoms with Crippen molar-refractivity contribution in [1.82, 2.24) is 4.57 Å². The Hall–Kier alpha value is -2.04. The molecule has 1 aliphatic carbocycles. The van der Waals surface area contributed by atoms with Gasteiger partial charge in [0.15, 0.2) is 0 Å². The normalized spacial score (nSPS) is 23.1. The smallest absolute Gasteiger partial charge is 0.345 e. The van der Waals surface area contributed by atoms with E-state index in [9.17, 15) is 14.7 Å². The molecule has 3 rings (SSSR count). The molecule has 0 aromatic carbocycles. The Bertz CT molecular complexity index is 652. The van der Waals surface area contributed by atoms with Gasteiger partial charge in [0.25, 0.3) is 0 Å². The molecule has 1 aromatic rings. The molecule has 1 aromatic heterocycles. The van der Waals surface area contributed by atoms with E-state index in [-0.39, 0.29) is 11.3 Å². The maximum absolute atomic E-state index is 12.9. The van der Waals surface area contributed by atoms with E-state index in [2.05, 4.69) is 0 Å². The van der Waals surface area contributed by atoms with Crippen LogP contribution in [0.2, 0.25) is 0 Å². The van der Waals surface area contributed by atoms with Gasteiger partial charge in [0.2, 0.25) is 5.78 Å². The topological polar surface area (TPSA) is 68.5 Å². The summed E-state index contributed by atoms with van der Waals surface area (Å²) in [6, 6.07) is 3.79. The van der Waals surface area contributed by atoms with Crippen molar-refractivity contribution >= 4 is 11.8 Å². The van der Waals surface area contributed by atoms with Crippen LogP contribution >= 0.6 is 0 Å². The van der Waals surface area contributed by atoms with Gasteiger partial charge in [0.1, 0.15) is 11.3 Å². The van der Waals surface area contributed by atoms with Gasteiger partial charge in [-0.25, -0.2) is 4.79 Å². The highest BCUT2D eigenvalue weighted by atomic mass is 16.5. The number of carbonyl (C=O) groups excluding carboxylic acids is 2. The van der Waals surface area contributed by atoms with Crippen molar-refractivity contribution in [3.8, 4) is 0 Å². The number of esters is 1. The number of aliphatic hydroxyl groups is 1. The van der Waals surface area contributed by atoms with E-state index in [1.165, 1.54) is 19.2 Å². The average Bonchev–Trinajstić information content (AvgIpc) is 2.88. The number of rotatable bonds is 2. The fourth-order valence-electron chi connectivity index (χ4n) is 3.43. The van der Waals surface area contributed by atoms with Gasteiger partial charge in [0, 0.05) is 18.7 Å². The number of fused-ring (bicyclic) bond motifs is 1. The number of aliphatic hydroxyl groups excluding tert-OH is 1. The number of nitrogens with zero attached hydrogens (tertiary/aromatic N) is 1. The van der Waals surface area contributed by atoms with Gasteiger partial charge in [-0.1, -0.05) is 12.8 Å². The fraction of sp³-hybridized carbons (Fsp3) is 0.556. The Kier molecular flexibility index (Phi) is 4.55. The summed E-state index contributed by atoms with van der Waals surface area (Å²) in [5.74, 6) is -0.826. The summed E-state index contributed by atoms with van der Waals surface area (Å²) in [6.45, 7) is 0.787. The third kappa shape index (κ3) is 2.92. The molecular weight excluding hydrogens is 294 g/mol. The summed E-state index contributed by atoms with van der Waals surface area (Å²) in [4.78, 5) is 24.9. The second-order valence-electron chi connectivity index (χ2n) is 6.38. The van der Waals surface area contributed by atoms with Crippen molar-refractivity contribution in [2.75, 3.05) is 7.11 Å². The minimum absolute atomic E-state index is 0.151. The molecule has 2 aliphatic rings. The summed E-state index contributed by atoms with van der Waals surface area (Å²) < 4.78 is 6.76. The van der Waals surface area contributed by atoms with E-state index in [0.29, 0.717) is 18.0 Å². The van der Waals surface area contributed by atoms with Gasteiger partial charge in [-0.3, -0.25) is 4.79 Å². The number of allylic oxidation sites excluding steroid dienone is 1. The van der Waals surface area contributed by atoms with E-state index in [4.69, 9.17) is 4.74 Å². The largest absolute Gasteiger partial charge is 0.511 e. The van der Waals surface area contributed by atoms with Gasteiger partial charge in [-0.15, -0.1) is 0 Å². The lowest BCUT2D eigenvalue weighted by atomic mass is 9.83. The molecule has 5 heteroatoms. The van der Waals surface area contributed by atoms with Crippen LogP contribution in [-0.4, -0.2) is 28.5 Å². The standard InChI is InChI=1S/C18H23NO4/c1-23-18(22)16-15(20)8-3-2-4-11-19-13(12-6-5-7-12)9-10-14(19)17(16)21/h9-10,12,20H,2-8,11H2,1H3/b16-15-. The van der Waals surface area contributed by atoms with Gasteiger partial charge in [-0.05, 0) is 43.7 Å². The molecule has 0 atom stereocenters. The van der Waals surface area contributed by atoms with Crippen molar-refractivity contribution in [2.24, 2.45) is 0 Å². The summed E-state index contributed by atoms with van der Waals surface area (Å²) in [6.07, 6.45) is 6.56. The van der Waals surface area contributed by atoms with Crippen LogP contribution in [0.4, 0.5) is 0 Å². The molecular formula is C18H23NO4. The summed E-state index contributed by atoms with van der Waals surface area (Å²) in [5, 5.41) is 10.2. The quantitative estimate of drug-likeness (QED) is 0.669. The maximum atomic E-state index is 12.9. The average molecular weight is 317 g/mol. The molecule has 0 spiro atoms.